The molecule has 0 aliphatic rings. The molecule has 4 rings (SSSR count). The van der Waals surface area contributed by atoms with Crippen LogP contribution in [0.1, 0.15) is 17.0 Å². The molecule has 30 heavy (non-hydrogen) atoms. The highest BCUT2D eigenvalue weighted by molar-refractivity contribution is 7.98. The summed E-state index contributed by atoms with van der Waals surface area (Å²) in [4.78, 5) is 0. The molecule has 6 nitrogen and oxygen atoms in total. The van der Waals surface area contributed by atoms with E-state index >= 15 is 0 Å². The Kier molecular flexibility index (Phi) is 5.77. The standard InChI is InChI=1S/C23H20N6S/c1-3-14-28-22(18-10-6-4-7-11-18)25-26-23(28)30-16-21-20(15-24)17(2)27-29(21)19-12-8-5-9-13-19/h3-13H,1,14,16H2,2H3. The number of hydrogen-bond donors (Lipinski definition) is 0. The maximum atomic E-state index is 9.69. The van der Waals surface area contributed by atoms with E-state index in [4.69, 9.17) is 0 Å². The van der Waals surface area contributed by atoms with Crippen LogP contribution in [0.4, 0.5) is 0 Å². The van der Waals surface area contributed by atoms with Crippen LogP contribution in [0.15, 0.2) is 78.5 Å². The van der Waals surface area contributed by atoms with E-state index in [1.165, 1.54) is 11.8 Å². The summed E-state index contributed by atoms with van der Waals surface area (Å²) in [5, 5.41) is 23.9. The quantitative estimate of drug-likeness (QED) is 0.322. The molecule has 0 aliphatic carbocycles. The number of aromatic nitrogens is 5. The van der Waals surface area contributed by atoms with Crippen LogP contribution in [0.3, 0.4) is 0 Å². The van der Waals surface area contributed by atoms with E-state index in [1.807, 2.05) is 82.9 Å². The number of hydrogen-bond acceptors (Lipinski definition) is 5. The minimum Gasteiger partial charge on any atom is -0.298 e. The van der Waals surface area contributed by atoms with Crippen LogP contribution in [-0.4, -0.2) is 24.5 Å². The second-order valence-corrected chi connectivity index (χ2v) is 7.57. The molecule has 148 valence electrons. The molecular formula is C23H20N6S. The van der Waals surface area contributed by atoms with Gasteiger partial charge in [0.2, 0.25) is 0 Å². The molecule has 0 N–H and O–H groups in total. The van der Waals surface area contributed by atoms with Crippen LogP contribution in [0.2, 0.25) is 0 Å². The van der Waals surface area contributed by atoms with Crippen molar-refractivity contribution in [1.29, 1.82) is 5.26 Å². The van der Waals surface area contributed by atoms with Gasteiger partial charge in [0.05, 0.1) is 22.6 Å². The van der Waals surface area contributed by atoms with Crippen LogP contribution in [0.5, 0.6) is 0 Å². The predicted molar refractivity (Wildman–Crippen MR) is 118 cm³/mol. The van der Waals surface area contributed by atoms with Crippen molar-refractivity contribution in [2.45, 2.75) is 24.4 Å². The zero-order valence-corrected chi connectivity index (χ0v) is 17.4. The van der Waals surface area contributed by atoms with Gasteiger partial charge in [-0.2, -0.15) is 10.4 Å². The first-order valence-electron chi connectivity index (χ1n) is 9.49. The summed E-state index contributed by atoms with van der Waals surface area (Å²) < 4.78 is 3.88. The van der Waals surface area contributed by atoms with Gasteiger partial charge in [-0.3, -0.25) is 4.57 Å². The lowest BCUT2D eigenvalue weighted by molar-refractivity contribution is 0.730. The molecule has 0 amide bonds. The van der Waals surface area contributed by atoms with Crippen molar-refractivity contribution >= 4 is 11.8 Å². The molecule has 7 heteroatoms. The Labute approximate surface area is 179 Å². The highest BCUT2D eigenvalue weighted by Crippen LogP contribution is 2.29. The van der Waals surface area contributed by atoms with Crippen molar-refractivity contribution in [1.82, 2.24) is 24.5 Å². The summed E-state index contributed by atoms with van der Waals surface area (Å²) in [7, 11) is 0. The van der Waals surface area contributed by atoms with Gasteiger partial charge in [0.15, 0.2) is 11.0 Å². The largest absolute Gasteiger partial charge is 0.298 e. The summed E-state index contributed by atoms with van der Waals surface area (Å²) in [6.45, 7) is 6.33. The second-order valence-electron chi connectivity index (χ2n) is 6.63. The number of allylic oxidation sites excluding steroid dienone is 1. The number of nitrogens with zero attached hydrogens (tertiary/aromatic N) is 6. The van der Waals surface area contributed by atoms with Crippen LogP contribution in [0, 0.1) is 18.3 Å². The van der Waals surface area contributed by atoms with Gasteiger partial charge in [0.1, 0.15) is 6.07 Å². The number of para-hydroxylation sites is 1. The maximum Gasteiger partial charge on any atom is 0.192 e. The molecular weight excluding hydrogens is 392 g/mol. The maximum absolute atomic E-state index is 9.69. The minimum absolute atomic E-state index is 0.544. The van der Waals surface area contributed by atoms with E-state index < -0.39 is 0 Å². The first-order valence-corrected chi connectivity index (χ1v) is 10.5. The van der Waals surface area contributed by atoms with E-state index in [0.29, 0.717) is 17.9 Å². The Bertz CT molecular complexity index is 1200. The van der Waals surface area contributed by atoms with E-state index in [0.717, 1.165) is 33.6 Å². The van der Waals surface area contributed by atoms with Crippen LogP contribution >= 0.6 is 11.8 Å². The topological polar surface area (TPSA) is 72.3 Å². The summed E-state index contributed by atoms with van der Waals surface area (Å²) in [5.41, 5.74) is 4.09. The van der Waals surface area contributed by atoms with Crippen molar-refractivity contribution in [3.63, 3.8) is 0 Å². The van der Waals surface area contributed by atoms with Gasteiger partial charge in [0, 0.05) is 17.9 Å². The number of aryl methyl sites for hydroxylation is 1. The van der Waals surface area contributed by atoms with Gasteiger partial charge in [0.25, 0.3) is 0 Å². The molecule has 0 spiro atoms. The third-order valence-corrected chi connectivity index (χ3v) is 5.65. The van der Waals surface area contributed by atoms with Crippen molar-refractivity contribution in [2.24, 2.45) is 0 Å². The summed E-state index contributed by atoms with van der Waals surface area (Å²) in [5.74, 6) is 1.34. The Morgan fingerprint density at radius 3 is 2.43 bits per heavy atom. The first-order chi connectivity index (χ1) is 14.7. The average molecular weight is 413 g/mol. The van der Waals surface area contributed by atoms with E-state index in [1.54, 1.807) is 0 Å². The van der Waals surface area contributed by atoms with E-state index in [2.05, 4.69) is 27.9 Å². The number of nitriles is 1. The van der Waals surface area contributed by atoms with Crippen molar-refractivity contribution < 1.29 is 0 Å². The van der Waals surface area contributed by atoms with Crippen molar-refractivity contribution in [2.75, 3.05) is 0 Å². The fourth-order valence-corrected chi connectivity index (χ4v) is 4.21. The third kappa shape index (κ3) is 3.78. The van der Waals surface area contributed by atoms with Gasteiger partial charge >= 0.3 is 0 Å². The van der Waals surface area contributed by atoms with Crippen molar-refractivity contribution in [3.8, 4) is 23.1 Å². The SMILES string of the molecule is C=CCn1c(SCc2c(C#N)c(C)nn2-c2ccccc2)nnc1-c1ccccc1. The fourth-order valence-electron chi connectivity index (χ4n) is 3.26. The predicted octanol–water partition coefficient (Wildman–Crippen LogP) is 4.79. The number of thioether (sulfide) groups is 1. The normalized spacial score (nSPS) is 10.7. The highest BCUT2D eigenvalue weighted by atomic mass is 32.2. The Balaban J connectivity index is 1.69. The van der Waals surface area contributed by atoms with Gasteiger partial charge < -0.3 is 0 Å². The molecule has 2 heterocycles. The smallest absolute Gasteiger partial charge is 0.192 e. The molecule has 0 aliphatic heterocycles. The molecule has 0 fully saturated rings. The van der Waals surface area contributed by atoms with E-state index in [9.17, 15) is 5.26 Å². The number of rotatable bonds is 7. The molecule has 0 bridgehead atoms. The van der Waals surface area contributed by atoms with E-state index in [-0.39, 0.29) is 0 Å². The molecule has 0 atom stereocenters. The lowest BCUT2D eigenvalue weighted by Crippen LogP contribution is -2.04. The molecule has 0 saturated heterocycles. The fraction of sp³-hybridized carbons (Fsp3) is 0.130. The van der Waals surface area contributed by atoms with Crippen LogP contribution < -0.4 is 0 Å². The molecule has 0 saturated carbocycles. The molecule has 0 unspecified atom stereocenters. The second kappa shape index (κ2) is 8.80. The Morgan fingerprint density at radius 1 is 1.07 bits per heavy atom. The molecule has 0 radical (unpaired) electrons. The highest BCUT2D eigenvalue weighted by Gasteiger charge is 2.19. The Hall–Kier alpha value is -3.63. The van der Waals surface area contributed by atoms with Gasteiger partial charge in [-0.25, -0.2) is 4.68 Å². The Morgan fingerprint density at radius 2 is 1.77 bits per heavy atom. The summed E-state index contributed by atoms with van der Waals surface area (Å²) in [6.07, 6.45) is 1.83. The monoisotopic (exact) mass is 412 g/mol. The van der Waals surface area contributed by atoms with Crippen LogP contribution in [-0.2, 0) is 12.3 Å². The van der Waals surface area contributed by atoms with Gasteiger partial charge in [-0.1, -0.05) is 66.4 Å². The zero-order valence-electron chi connectivity index (χ0n) is 16.6. The lowest BCUT2D eigenvalue weighted by Gasteiger charge is -2.09. The van der Waals surface area contributed by atoms with Crippen LogP contribution in [0.25, 0.3) is 17.1 Å². The van der Waals surface area contributed by atoms with Gasteiger partial charge in [-0.15, -0.1) is 16.8 Å². The van der Waals surface area contributed by atoms with Gasteiger partial charge in [-0.05, 0) is 19.1 Å². The first kappa shape index (κ1) is 19.7. The summed E-state index contributed by atoms with van der Waals surface area (Å²) >= 11 is 1.54. The average Bonchev–Trinajstić information content (AvgIpc) is 3.33. The third-order valence-electron chi connectivity index (χ3n) is 4.67. The van der Waals surface area contributed by atoms with Crippen molar-refractivity contribution in [3.05, 3.63) is 90.3 Å². The zero-order chi connectivity index (χ0) is 20.9. The number of benzene rings is 2. The minimum atomic E-state index is 0.544. The molecule has 2 aromatic carbocycles. The molecule has 4 aromatic rings. The summed E-state index contributed by atoms with van der Waals surface area (Å²) in [6, 6.07) is 22.1. The lowest BCUT2D eigenvalue weighted by atomic mass is 10.2. The molecule has 2 aromatic heterocycles.